The van der Waals surface area contributed by atoms with Crippen molar-refractivity contribution in [3.05, 3.63) is 126 Å². The van der Waals surface area contributed by atoms with Crippen molar-refractivity contribution in [3.8, 4) is 17.2 Å². The van der Waals surface area contributed by atoms with Gasteiger partial charge in [-0.3, -0.25) is 19.4 Å². The average molecular weight is 940 g/mol. The average Bonchev–Trinajstić information content (AvgIpc) is 3.20. The van der Waals surface area contributed by atoms with E-state index in [9.17, 15) is 60.9 Å². The Hall–Kier alpha value is -3.82. The Bertz CT molecular complexity index is 3040. The summed E-state index contributed by atoms with van der Waals surface area (Å²) in [6.07, 6.45) is 0. The molecule has 63 heavy (non-hydrogen) atoms. The zero-order valence-corrected chi connectivity index (χ0v) is 41.3. The van der Waals surface area contributed by atoms with Crippen LogP contribution in [0.3, 0.4) is 0 Å². The van der Waals surface area contributed by atoms with Gasteiger partial charge in [-0.25, -0.2) is 16.8 Å². The van der Waals surface area contributed by atoms with E-state index in [4.69, 9.17) is 0 Å². The van der Waals surface area contributed by atoms with Crippen LogP contribution in [0.5, 0.6) is 17.2 Å². The molecule has 0 bridgehead atoms. The Morgan fingerprint density at radius 3 is 1.16 bits per heavy atom. The van der Waals surface area contributed by atoms with Crippen LogP contribution >= 0.6 is 12.0 Å². The molecule has 0 unspecified atom stereocenters. The van der Waals surface area contributed by atoms with Crippen LogP contribution in [0.25, 0.3) is 32.3 Å². The van der Waals surface area contributed by atoms with E-state index < -0.39 is 59.2 Å². The van der Waals surface area contributed by atoms with E-state index >= 15 is 0 Å². The summed E-state index contributed by atoms with van der Waals surface area (Å²) in [6, 6.07) is 23.2. The maximum absolute atomic E-state index is 14.0. The number of anilines is 3. The van der Waals surface area contributed by atoms with Gasteiger partial charge in [0.05, 0.1) is 26.7 Å². The van der Waals surface area contributed by atoms with Gasteiger partial charge in [0.15, 0.2) is 0 Å². The third-order valence-corrected chi connectivity index (χ3v) is 11.5. The van der Waals surface area contributed by atoms with Gasteiger partial charge in [-0.2, -0.15) is 4.33 Å². The number of aromatic hydroxyl groups is 3. The molecule has 0 fully saturated rings. The van der Waals surface area contributed by atoms with E-state index in [1.165, 1.54) is 78.9 Å². The van der Waals surface area contributed by atoms with Gasteiger partial charge in [0, 0.05) is 66.1 Å². The summed E-state index contributed by atoms with van der Waals surface area (Å²) in [7, 11) is -10.1. The number of fused-ring (bicyclic) bond motifs is 3. The predicted octanol–water partition coefficient (Wildman–Crippen LogP) is -3.93. The number of carbonyl (C=O) groups excluding carboxylic acids is 3. The minimum Gasteiger partial charge on any atom is -0.744 e. The van der Waals surface area contributed by atoms with E-state index in [2.05, 4.69) is 25.3 Å². The van der Waals surface area contributed by atoms with Gasteiger partial charge in [-0.1, -0.05) is 54.6 Å². The largest absolute Gasteiger partial charge is 1.00 e. The van der Waals surface area contributed by atoms with Crippen molar-refractivity contribution in [2.75, 3.05) is 16.0 Å². The van der Waals surface area contributed by atoms with E-state index in [0.29, 0.717) is 17.4 Å². The maximum atomic E-state index is 14.0. The van der Waals surface area contributed by atoms with Gasteiger partial charge in [-0.05, 0) is 54.6 Å². The Kier molecular flexibility index (Phi) is 17.3. The molecule has 0 heterocycles. The van der Waals surface area contributed by atoms with Crippen LogP contribution < -0.4 is 110 Å². The summed E-state index contributed by atoms with van der Waals surface area (Å²) in [5.74, 6) is -4.61. The van der Waals surface area contributed by atoms with Crippen LogP contribution in [-0.4, -0.2) is 59.0 Å². The molecule has 0 radical (unpaired) electrons. The van der Waals surface area contributed by atoms with E-state index in [1.54, 1.807) is 0 Å². The number of hydrogen-bond acceptors (Lipinski definition) is 16. The summed E-state index contributed by atoms with van der Waals surface area (Å²) in [6.45, 7) is 0. The molecule has 0 saturated heterocycles. The first-order chi connectivity index (χ1) is 28.5. The third kappa shape index (κ3) is 11.0. The van der Waals surface area contributed by atoms with Crippen LogP contribution in [0.1, 0.15) is 31.1 Å². The summed E-state index contributed by atoms with van der Waals surface area (Å²) in [5.41, 5.74) is -0.490. The van der Waals surface area contributed by atoms with Gasteiger partial charge in [0.2, 0.25) is 0 Å². The maximum Gasteiger partial charge on any atom is 1.00 e. The monoisotopic (exact) mass is 939 g/mol. The first-order valence-corrected chi connectivity index (χ1v) is 20.4. The van der Waals surface area contributed by atoms with Gasteiger partial charge < -0.3 is 45.6 Å². The van der Waals surface area contributed by atoms with Crippen molar-refractivity contribution in [1.29, 1.82) is 0 Å². The number of amides is 3. The third-order valence-electron chi connectivity index (χ3n) is 9.14. The van der Waals surface area contributed by atoms with Crippen LogP contribution in [-0.2, 0) is 29.6 Å². The van der Waals surface area contributed by atoms with Gasteiger partial charge in [0.1, 0.15) is 37.5 Å². The molecule has 18 nitrogen and oxygen atoms in total. The zero-order chi connectivity index (χ0) is 43.1. The second-order valence-electron chi connectivity index (χ2n) is 12.7. The molecule has 7 rings (SSSR count). The van der Waals surface area contributed by atoms with Crippen molar-refractivity contribution >= 4 is 99.4 Å². The summed E-state index contributed by atoms with van der Waals surface area (Å²) in [4.78, 5) is 40.2. The number of hydrogen-bond donors (Lipinski definition) is 6. The smallest absolute Gasteiger partial charge is 0.744 e. The van der Waals surface area contributed by atoms with Crippen LogP contribution in [0, 0.1) is 0 Å². The van der Waals surface area contributed by atoms with Crippen molar-refractivity contribution < 1.29 is 159 Å². The molecule has 0 atom stereocenters. The number of benzene rings is 7. The second-order valence-corrected chi connectivity index (χ2v) is 16.2. The van der Waals surface area contributed by atoms with Gasteiger partial charge in [0.25, 0.3) is 17.7 Å². The molecule has 6 N–H and O–H groups in total. The molecule has 7 aromatic carbocycles. The number of rotatable bonds is 11. The van der Waals surface area contributed by atoms with Crippen molar-refractivity contribution in [2.45, 2.75) is 14.7 Å². The predicted molar refractivity (Wildman–Crippen MR) is 211 cm³/mol. The molecule has 0 spiro atoms. The molecular formula is C39H24N3Na3O15S3. The standard InChI is InChI=1S/C39H27N3O15S3.3Na/c43-34-25-4-1-7-28(22(25)10-13-31(34)58-57-56-49)40-37(46)19-16-20(38(47)41-29-8-2-5-26-23(29)11-14-32(35(26)44)59(50,51)52)18-21(17-19)39(48)42-30-9-3-6-27-24(30)12-15-33(36(27)45)60(53,54)55;;;/h1-18,43-45,49H,(H,40,46)(H,41,47)(H,42,48)(H,50,51,52)(H,53,54,55);;;/q;3*+1/p-3. The molecular weight excluding hydrogens is 916 g/mol. The fraction of sp³-hybridized carbons (Fsp3) is 0. The van der Waals surface area contributed by atoms with E-state index in [1.807, 2.05) is 0 Å². The Labute approximate surface area is 427 Å². The molecule has 0 aliphatic carbocycles. The molecule has 0 aliphatic heterocycles. The zero-order valence-electron chi connectivity index (χ0n) is 32.9. The minimum atomic E-state index is -5.06. The van der Waals surface area contributed by atoms with E-state index in [-0.39, 0.29) is 160 Å². The number of carbonyl (C=O) groups is 3. The SMILES string of the molecule is O=C(Nc1cccc2c(O)c(SOO[O-])ccc12)c1cc(C(=O)Nc2cccc3c(O)c(S(=O)(=O)[O-])ccc23)cc(C(=O)Nc2cccc3c(O)c(S(=O)(=O)[O-])ccc23)c1.[Na+].[Na+].[Na+]. The fourth-order valence-electron chi connectivity index (χ4n) is 6.42. The van der Waals surface area contributed by atoms with Crippen molar-refractivity contribution in [3.63, 3.8) is 0 Å². The fourth-order valence-corrected chi connectivity index (χ4v) is 7.99. The number of phenolic OH excluding ortho intramolecular Hbond substituents is 3. The second kappa shape index (κ2) is 21.0. The number of nitrogens with one attached hydrogen (secondary N) is 3. The van der Waals surface area contributed by atoms with E-state index in [0.717, 1.165) is 30.3 Å². The molecule has 0 aromatic heterocycles. The van der Waals surface area contributed by atoms with Crippen LogP contribution in [0.4, 0.5) is 17.1 Å². The number of phenols is 3. The minimum absolute atomic E-state index is 0. The molecule has 24 heteroatoms. The van der Waals surface area contributed by atoms with Crippen molar-refractivity contribution in [1.82, 2.24) is 0 Å². The van der Waals surface area contributed by atoms with Crippen LogP contribution in [0.2, 0.25) is 0 Å². The first-order valence-electron chi connectivity index (χ1n) is 16.8. The Morgan fingerprint density at radius 1 is 0.492 bits per heavy atom. The van der Waals surface area contributed by atoms with Gasteiger partial charge >= 0.3 is 88.7 Å². The van der Waals surface area contributed by atoms with Crippen LogP contribution in [0.15, 0.2) is 124 Å². The Balaban J connectivity index is 0.00000290. The summed E-state index contributed by atoms with van der Waals surface area (Å²) >= 11 is 0.447. The Morgan fingerprint density at radius 2 is 0.825 bits per heavy atom. The molecule has 0 saturated carbocycles. The quantitative estimate of drug-likeness (QED) is 0.0237. The molecule has 3 amide bonds. The molecule has 306 valence electrons. The molecule has 0 aliphatic rings. The summed E-state index contributed by atoms with van der Waals surface area (Å²) < 4.78 is 74.4. The first kappa shape index (κ1) is 51.8. The topological polar surface area (TPSA) is 304 Å². The van der Waals surface area contributed by atoms with Gasteiger partial charge in [-0.15, -0.1) is 0 Å². The van der Waals surface area contributed by atoms with Crippen molar-refractivity contribution in [2.24, 2.45) is 0 Å². The molecule has 7 aromatic rings. The normalized spacial score (nSPS) is 11.2. The summed E-state index contributed by atoms with van der Waals surface area (Å²) in [5, 5.41) is 54.2.